The summed E-state index contributed by atoms with van der Waals surface area (Å²) in [6.45, 7) is 8.01. The largest absolute Gasteiger partial charge is 0.493 e. The van der Waals surface area contributed by atoms with Gasteiger partial charge in [0.1, 0.15) is 5.92 Å². The molecule has 2 atom stereocenters. The first-order chi connectivity index (χ1) is 11.9. The van der Waals surface area contributed by atoms with Gasteiger partial charge in [-0.25, -0.2) is 4.79 Å². The SMILES string of the molecule is C=C1NC(=O)NC(c2cccc(OC)c2OC)C1C(=O)OCC(C)C. The topological polar surface area (TPSA) is 85.9 Å². The van der Waals surface area contributed by atoms with Crippen LogP contribution in [0.5, 0.6) is 11.5 Å². The molecule has 0 aliphatic carbocycles. The second-order valence-electron chi connectivity index (χ2n) is 6.19. The maximum Gasteiger partial charge on any atom is 0.319 e. The van der Waals surface area contributed by atoms with Gasteiger partial charge in [-0.05, 0) is 12.0 Å². The monoisotopic (exact) mass is 348 g/mol. The fourth-order valence-electron chi connectivity index (χ4n) is 2.72. The number of rotatable bonds is 6. The summed E-state index contributed by atoms with van der Waals surface area (Å²) in [6, 6.07) is 4.17. The molecule has 7 nitrogen and oxygen atoms in total. The number of carbonyl (C=O) groups excluding carboxylic acids is 2. The maximum atomic E-state index is 12.6. The Balaban J connectivity index is 2.42. The number of para-hydroxylation sites is 1. The Morgan fingerprint density at radius 3 is 2.60 bits per heavy atom. The molecule has 1 aliphatic heterocycles. The van der Waals surface area contributed by atoms with Gasteiger partial charge < -0.3 is 24.8 Å². The van der Waals surface area contributed by atoms with Crippen molar-refractivity contribution in [2.45, 2.75) is 19.9 Å². The summed E-state index contributed by atoms with van der Waals surface area (Å²) in [7, 11) is 3.03. The van der Waals surface area contributed by atoms with Crippen molar-refractivity contribution < 1.29 is 23.8 Å². The number of hydrogen-bond acceptors (Lipinski definition) is 5. The van der Waals surface area contributed by atoms with Gasteiger partial charge in [0, 0.05) is 11.3 Å². The maximum absolute atomic E-state index is 12.6. The third kappa shape index (κ3) is 4.04. The molecule has 0 saturated carbocycles. The lowest BCUT2D eigenvalue weighted by atomic mass is 9.88. The van der Waals surface area contributed by atoms with E-state index in [1.54, 1.807) is 18.2 Å². The Morgan fingerprint density at radius 2 is 2.00 bits per heavy atom. The third-order valence-corrected chi connectivity index (χ3v) is 3.85. The Labute approximate surface area is 147 Å². The number of carbonyl (C=O) groups is 2. The zero-order valence-corrected chi connectivity index (χ0v) is 14.9. The van der Waals surface area contributed by atoms with Crippen LogP contribution in [0.25, 0.3) is 0 Å². The highest BCUT2D eigenvalue weighted by Gasteiger charge is 2.40. The molecule has 0 bridgehead atoms. The molecule has 2 unspecified atom stereocenters. The molecule has 2 rings (SSSR count). The molecule has 0 radical (unpaired) electrons. The summed E-state index contributed by atoms with van der Waals surface area (Å²) in [4.78, 5) is 24.5. The van der Waals surface area contributed by atoms with Crippen LogP contribution in [0.1, 0.15) is 25.5 Å². The minimum Gasteiger partial charge on any atom is -0.493 e. The minimum absolute atomic E-state index is 0.202. The minimum atomic E-state index is -0.780. The first kappa shape index (κ1) is 18.6. The van der Waals surface area contributed by atoms with E-state index in [0.29, 0.717) is 23.7 Å². The van der Waals surface area contributed by atoms with Crippen molar-refractivity contribution in [1.29, 1.82) is 0 Å². The molecule has 2 N–H and O–H groups in total. The standard InChI is InChI=1S/C18H24N2O5/c1-10(2)9-25-17(21)14-11(3)19-18(22)20-15(14)12-7-6-8-13(23-4)16(12)24-5/h6-8,10,14-15H,3,9H2,1-2,4-5H3,(H2,19,20,22). The number of urea groups is 1. The average molecular weight is 348 g/mol. The molecule has 136 valence electrons. The molecule has 1 saturated heterocycles. The van der Waals surface area contributed by atoms with Crippen LogP contribution in [-0.4, -0.2) is 32.8 Å². The van der Waals surface area contributed by atoms with Crippen LogP contribution in [0, 0.1) is 11.8 Å². The van der Waals surface area contributed by atoms with Gasteiger partial charge in [0.2, 0.25) is 0 Å². The lowest BCUT2D eigenvalue weighted by molar-refractivity contribution is -0.149. The van der Waals surface area contributed by atoms with Crippen LogP contribution in [-0.2, 0) is 9.53 Å². The Bertz CT molecular complexity index is 671. The van der Waals surface area contributed by atoms with Gasteiger partial charge >= 0.3 is 12.0 Å². The van der Waals surface area contributed by atoms with Crippen LogP contribution in [0.2, 0.25) is 0 Å². The van der Waals surface area contributed by atoms with Gasteiger partial charge in [-0.2, -0.15) is 0 Å². The first-order valence-electron chi connectivity index (χ1n) is 8.02. The van der Waals surface area contributed by atoms with Crippen LogP contribution < -0.4 is 20.1 Å². The van der Waals surface area contributed by atoms with Crippen molar-refractivity contribution >= 4 is 12.0 Å². The number of benzene rings is 1. The lowest BCUT2D eigenvalue weighted by Crippen LogP contribution is -2.51. The van der Waals surface area contributed by atoms with E-state index in [0.717, 1.165) is 0 Å². The van der Waals surface area contributed by atoms with Crippen LogP contribution >= 0.6 is 0 Å². The number of amides is 2. The summed E-state index contributed by atoms with van der Waals surface area (Å²) in [6.07, 6.45) is 0. The van der Waals surface area contributed by atoms with Crippen molar-refractivity contribution in [3.63, 3.8) is 0 Å². The lowest BCUT2D eigenvalue weighted by Gasteiger charge is -2.34. The molecular weight excluding hydrogens is 324 g/mol. The molecule has 0 spiro atoms. The molecule has 1 aromatic carbocycles. The highest BCUT2D eigenvalue weighted by atomic mass is 16.5. The van der Waals surface area contributed by atoms with Gasteiger partial charge in [0.05, 0.1) is 26.9 Å². The molecule has 1 aromatic rings. The summed E-state index contributed by atoms with van der Waals surface area (Å²) < 4.78 is 16.1. The van der Waals surface area contributed by atoms with Gasteiger partial charge in [-0.1, -0.05) is 32.6 Å². The van der Waals surface area contributed by atoms with Gasteiger partial charge in [0.25, 0.3) is 0 Å². The zero-order valence-electron chi connectivity index (χ0n) is 14.9. The highest BCUT2D eigenvalue weighted by Crippen LogP contribution is 2.40. The van der Waals surface area contributed by atoms with Crippen molar-refractivity contribution in [1.82, 2.24) is 10.6 Å². The van der Waals surface area contributed by atoms with Crippen molar-refractivity contribution in [2.75, 3.05) is 20.8 Å². The number of methoxy groups -OCH3 is 2. The smallest absolute Gasteiger partial charge is 0.319 e. The van der Waals surface area contributed by atoms with E-state index in [4.69, 9.17) is 14.2 Å². The second kappa shape index (κ2) is 7.92. The van der Waals surface area contributed by atoms with E-state index in [1.807, 2.05) is 13.8 Å². The molecule has 25 heavy (non-hydrogen) atoms. The van der Waals surface area contributed by atoms with E-state index in [2.05, 4.69) is 17.2 Å². The predicted octanol–water partition coefficient (Wildman–Crippen LogP) is 2.39. The van der Waals surface area contributed by atoms with Gasteiger partial charge in [-0.3, -0.25) is 4.79 Å². The molecule has 0 aromatic heterocycles. The normalized spacial score (nSPS) is 19.9. The molecular formula is C18H24N2O5. The van der Waals surface area contributed by atoms with E-state index >= 15 is 0 Å². The van der Waals surface area contributed by atoms with E-state index in [9.17, 15) is 9.59 Å². The Hall–Kier alpha value is -2.70. The van der Waals surface area contributed by atoms with E-state index < -0.39 is 24.0 Å². The van der Waals surface area contributed by atoms with Crippen LogP contribution in [0.3, 0.4) is 0 Å². The van der Waals surface area contributed by atoms with Crippen molar-refractivity contribution in [2.24, 2.45) is 11.8 Å². The number of ether oxygens (including phenoxy) is 3. The second-order valence-corrected chi connectivity index (χ2v) is 6.19. The molecule has 1 fully saturated rings. The molecule has 7 heteroatoms. The summed E-state index contributed by atoms with van der Waals surface area (Å²) in [5, 5.41) is 5.31. The van der Waals surface area contributed by atoms with Crippen LogP contribution in [0.15, 0.2) is 30.5 Å². The fourth-order valence-corrected chi connectivity index (χ4v) is 2.72. The summed E-state index contributed by atoms with van der Waals surface area (Å²) >= 11 is 0. The first-order valence-corrected chi connectivity index (χ1v) is 8.02. The van der Waals surface area contributed by atoms with Gasteiger partial charge in [0.15, 0.2) is 11.5 Å². The van der Waals surface area contributed by atoms with E-state index in [1.165, 1.54) is 14.2 Å². The van der Waals surface area contributed by atoms with Crippen LogP contribution in [0.4, 0.5) is 4.79 Å². The van der Waals surface area contributed by atoms with Crippen molar-refractivity contribution in [3.8, 4) is 11.5 Å². The van der Waals surface area contributed by atoms with Crippen molar-refractivity contribution in [3.05, 3.63) is 36.0 Å². The molecule has 1 heterocycles. The van der Waals surface area contributed by atoms with E-state index in [-0.39, 0.29) is 11.6 Å². The number of hydrogen-bond donors (Lipinski definition) is 2. The average Bonchev–Trinajstić information content (AvgIpc) is 2.58. The van der Waals surface area contributed by atoms with Gasteiger partial charge in [-0.15, -0.1) is 0 Å². The highest BCUT2D eigenvalue weighted by molar-refractivity contribution is 5.85. The molecule has 2 amide bonds. The number of esters is 1. The Morgan fingerprint density at radius 1 is 1.28 bits per heavy atom. The summed E-state index contributed by atoms with van der Waals surface area (Å²) in [5.41, 5.74) is 0.900. The quantitative estimate of drug-likeness (QED) is 0.771. The third-order valence-electron chi connectivity index (χ3n) is 3.85. The fraction of sp³-hybridized carbons (Fsp3) is 0.444. The predicted molar refractivity (Wildman–Crippen MR) is 92.4 cm³/mol. The molecule has 1 aliphatic rings. The summed E-state index contributed by atoms with van der Waals surface area (Å²) in [5.74, 6) is -0.0777. The zero-order chi connectivity index (χ0) is 18.6. The number of nitrogens with one attached hydrogen (secondary N) is 2. The Kier molecular flexibility index (Phi) is 5.90.